The molecule has 0 atom stereocenters. The average molecular weight is 296 g/mol. The number of hydrogen-bond donors (Lipinski definition) is 1. The SMILES string of the molecule is CC(C)(C)OCCCC(F)(F)C(F)(F)S(=O)(=O)O. The van der Waals surface area contributed by atoms with Crippen LogP contribution in [0.3, 0.4) is 0 Å². The number of ether oxygens (including phenoxy) is 1. The Bertz CT molecular complexity index is 373. The van der Waals surface area contributed by atoms with Crippen LogP contribution in [0.4, 0.5) is 17.6 Å². The number of rotatable bonds is 6. The fourth-order valence-electron chi connectivity index (χ4n) is 1.01. The number of hydrogen-bond acceptors (Lipinski definition) is 3. The maximum atomic E-state index is 13.0. The summed E-state index contributed by atoms with van der Waals surface area (Å²) in [5.41, 5.74) is -0.610. The summed E-state index contributed by atoms with van der Waals surface area (Å²) in [6.45, 7) is 4.73. The molecule has 0 spiro atoms. The van der Waals surface area contributed by atoms with Gasteiger partial charge in [0, 0.05) is 13.0 Å². The molecular formula is C9H16F4O4S. The zero-order valence-corrected chi connectivity index (χ0v) is 11.0. The Morgan fingerprint density at radius 1 is 1.11 bits per heavy atom. The zero-order chi connectivity index (χ0) is 14.8. The van der Waals surface area contributed by atoms with Gasteiger partial charge < -0.3 is 4.74 Å². The van der Waals surface area contributed by atoms with E-state index in [-0.39, 0.29) is 6.61 Å². The van der Waals surface area contributed by atoms with Crippen LogP contribution >= 0.6 is 0 Å². The van der Waals surface area contributed by atoms with Crippen LogP contribution in [0.15, 0.2) is 0 Å². The molecule has 0 bridgehead atoms. The molecule has 0 saturated heterocycles. The van der Waals surface area contributed by atoms with Crippen molar-refractivity contribution in [3.63, 3.8) is 0 Å². The lowest BCUT2D eigenvalue weighted by atomic mass is 10.1. The van der Waals surface area contributed by atoms with E-state index < -0.39 is 39.7 Å². The van der Waals surface area contributed by atoms with Crippen molar-refractivity contribution in [1.29, 1.82) is 0 Å². The summed E-state index contributed by atoms with van der Waals surface area (Å²) in [5, 5.41) is -5.50. The van der Waals surface area contributed by atoms with Crippen molar-refractivity contribution in [2.45, 2.75) is 50.4 Å². The standard InChI is InChI=1S/C9H16F4O4S/c1-7(2,3)17-6-4-5-8(10,11)9(12,13)18(14,15)16/h4-6H2,1-3H3,(H,14,15,16). The first kappa shape index (κ1) is 17.6. The third kappa shape index (κ3) is 4.69. The topological polar surface area (TPSA) is 63.6 Å². The highest BCUT2D eigenvalue weighted by molar-refractivity contribution is 7.87. The van der Waals surface area contributed by atoms with Crippen LogP contribution < -0.4 is 0 Å². The Morgan fingerprint density at radius 2 is 1.56 bits per heavy atom. The molecule has 0 aromatic rings. The highest BCUT2D eigenvalue weighted by Gasteiger charge is 2.64. The van der Waals surface area contributed by atoms with Crippen LogP contribution in [0.2, 0.25) is 0 Å². The molecular weight excluding hydrogens is 280 g/mol. The highest BCUT2D eigenvalue weighted by Crippen LogP contribution is 2.41. The van der Waals surface area contributed by atoms with Gasteiger partial charge in [-0.05, 0) is 27.2 Å². The summed E-state index contributed by atoms with van der Waals surface area (Å²) in [6, 6.07) is 0. The molecule has 0 fully saturated rings. The number of halogens is 4. The summed E-state index contributed by atoms with van der Waals surface area (Å²) in [7, 11) is -6.15. The van der Waals surface area contributed by atoms with Crippen LogP contribution in [-0.2, 0) is 14.9 Å². The van der Waals surface area contributed by atoms with Gasteiger partial charge in [-0.25, -0.2) is 0 Å². The minimum atomic E-state index is -6.15. The van der Waals surface area contributed by atoms with Gasteiger partial charge in [-0.1, -0.05) is 0 Å². The predicted octanol–water partition coefficient (Wildman–Crippen LogP) is 2.70. The van der Waals surface area contributed by atoms with Crippen molar-refractivity contribution < 1.29 is 35.3 Å². The maximum absolute atomic E-state index is 13.0. The van der Waals surface area contributed by atoms with Gasteiger partial charge in [-0.3, -0.25) is 4.55 Å². The molecule has 0 aliphatic rings. The zero-order valence-electron chi connectivity index (χ0n) is 10.2. The second kappa shape index (κ2) is 5.30. The first-order chi connectivity index (χ1) is 7.71. The van der Waals surface area contributed by atoms with Gasteiger partial charge in [-0.15, -0.1) is 0 Å². The van der Waals surface area contributed by atoms with E-state index in [2.05, 4.69) is 0 Å². The summed E-state index contributed by atoms with van der Waals surface area (Å²) >= 11 is 0. The first-order valence-electron chi connectivity index (χ1n) is 5.07. The van der Waals surface area contributed by atoms with E-state index in [1.54, 1.807) is 20.8 Å². The smallest absolute Gasteiger partial charge is 0.376 e. The normalized spacial score (nSPS) is 14.9. The molecule has 0 aromatic carbocycles. The van der Waals surface area contributed by atoms with Crippen LogP contribution in [0, 0.1) is 0 Å². The molecule has 1 N–H and O–H groups in total. The summed E-state index contributed by atoms with van der Waals surface area (Å²) in [6.07, 6.45) is -1.87. The Labute approximate surface area is 103 Å². The van der Waals surface area contributed by atoms with E-state index in [0.29, 0.717) is 0 Å². The maximum Gasteiger partial charge on any atom is 0.431 e. The average Bonchev–Trinajstić information content (AvgIpc) is 2.09. The predicted molar refractivity (Wildman–Crippen MR) is 56.4 cm³/mol. The molecule has 0 unspecified atom stereocenters. The molecule has 110 valence electrons. The summed E-state index contributed by atoms with van der Waals surface area (Å²) in [5.74, 6) is -4.85. The van der Waals surface area contributed by atoms with E-state index in [9.17, 15) is 26.0 Å². The van der Waals surface area contributed by atoms with Gasteiger partial charge in [0.2, 0.25) is 0 Å². The van der Waals surface area contributed by atoms with Gasteiger partial charge in [0.15, 0.2) is 0 Å². The minimum absolute atomic E-state index is 0.222. The van der Waals surface area contributed by atoms with Crippen molar-refractivity contribution in [2.75, 3.05) is 6.61 Å². The third-order valence-corrected chi connectivity index (χ3v) is 2.87. The van der Waals surface area contributed by atoms with Gasteiger partial charge in [0.25, 0.3) is 0 Å². The van der Waals surface area contributed by atoms with Gasteiger partial charge in [-0.2, -0.15) is 26.0 Å². The van der Waals surface area contributed by atoms with Crippen LogP contribution in [-0.4, -0.2) is 36.4 Å². The second-order valence-corrected chi connectivity index (χ2v) is 6.22. The fraction of sp³-hybridized carbons (Fsp3) is 1.00. The van der Waals surface area contributed by atoms with Gasteiger partial charge in [0.1, 0.15) is 0 Å². The Hall–Kier alpha value is -0.410. The highest BCUT2D eigenvalue weighted by atomic mass is 32.2. The molecule has 0 rings (SSSR count). The van der Waals surface area contributed by atoms with E-state index in [0.717, 1.165) is 0 Å². The lowest BCUT2D eigenvalue weighted by Gasteiger charge is -2.24. The molecule has 0 heterocycles. The van der Waals surface area contributed by atoms with E-state index in [1.807, 2.05) is 0 Å². The fourth-order valence-corrected chi connectivity index (χ4v) is 1.49. The lowest BCUT2D eigenvalue weighted by Crippen LogP contribution is -2.46. The number of alkyl halides is 4. The molecule has 0 aromatic heterocycles. The molecule has 0 amide bonds. The van der Waals surface area contributed by atoms with Crippen molar-refractivity contribution in [1.82, 2.24) is 0 Å². The van der Waals surface area contributed by atoms with Crippen LogP contribution in [0.1, 0.15) is 33.6 Å². The largest absolute Gasteiger partial charge is 0.431 e. The van der Waals surface area contributed by atoms with E-state index >= 15 is 0 Å². The second-order valence-electron chi connectivity index (χ2n) is 4.76. The molecule has 0 saturated carbocycles. The third-order valence-electron chi connectivity index (χ3n) is 1.92. The van der Waals surface area contributed by atoms with Crippen LogP contribution in [0.5, 0.6) is 0 Å². The van der Waals surface area contributed by atoms with Crippen molar-refractivity contribution in [2.24, 2.45) is 0 Å². The monoisotopic (exact) mass is 296 g/mol. The lowest BCUT2D eigenvalue weighted by molar-refractivity contribution is -0.167. The molecule has 18 heavy (non-hydrogen) atoms. The Balaban J connectivity index is 4.50. The molecule has 0 radical (unpaired) electrons. The Morgan fingerprint density at radius 3 is 1.89 bits per heavy atom. The molecule has 0 aliphatic carbocycles. The Kier molecular flexibility index (Phi) is 5.18. The minimum Gasteiger partial charge on any atom is -0.376 e. The van der Waals surface area contributed by atoms with E-state index in [1.165, 1.54) is 0 Å². The quantitative estimate of drug-likeness (QED) is 0.465. The van der Waals surface area contributed by atoms with Crippen LogP contribution in [0.25, 0.3) is 0 Å². The summed E-state index contributed by atoms with van der Waals surface area (Å²) in [4.78, 5) is 0. The van der Waals surface area contributed by atoms with Crippen molar-refractivity contribution in [3.8, 4) is 0 Å². The van der Waals surface area contributed by atoms with Crippen molar-refractivity contribution in [3.05, 3.63) is 0 Å². The van der Waals surface area contributed by atoms with Gasteiger partial charge in [0.05, 0.1) is 5.60 Å². The summed E-state index contributed by atoms with van der Waals surface area (Å²) < 4.78 is 84.9. The van der Waals surface area contributed by atoms with E-state index in [4.69, 9.17) is 9.29 Å². The molecule has 9 heteroatoms. The molecule has 4 nitrogen and oxygen atoms in total. The molecule has 0 aliphatic heterocycles. The van der Waals surface area contributed by atoms with Crippen molar-refractivity contribution >= 4 is 10.1 Å². The first-order valence-corrected chi connectivity index (χ1v) is 6.51. The van der Waals surface area contributed by atoms with Gasteiger partial charge >= 0.3 is 21.3 Å².